The van der Waals surface area contributed by atoms with Crippen LogP contribution in [0.1, 0.15) is 5.82 Å². The zero-order valence-electron chi connectivity index (χ0n) is 11.7. The maximum atomic E-state index is 5.42. The molecule has 0 atom stereocenters. The van der Waals surface area contributed by atoms with Crippen molar-refractivity contribution < 1.29 is 4.74 Å². The van der Waals surface area contributed by atoms with Crippen molar-refractivity contribution in [2.75, 3.05) is 36.5 Å². The van der Waals surface area contributed by atoms with Crippen molar-refractivity contribution in [1.82, 2.24) is 9.55 Å². The number of nitrogens with one attached hydrogen (secondary N) is 1. The lowest BCUT2D eigenvalue weighted by Gasteiger charge is -2.30. The van der Waals surface area contributed by atoms with Gasteiger partial charge in [0.05, 0.1) is 31.1 Å². The lowest BCUT2D eigenvalue weighted by molar-refractivity contribution is 0.123. The molecule has 5 heteroatoms. The summed E-state index contributed by atoms with van der Waals surface area (Å²) in [6, 6.07) is 8.42. The smallest absolute Gasteiger partial charge is 0.127 e. The minimum atomic E-state index is 0.727. The lowest BCUT2D eigenvalue weighted by atomic mass is 10.2. The average molecular weight is 272 g/mol. The Balaban J connectivity index is 1.74. The van der Waals surface area contributed by atoms with Gasteiger partial charge in [-0.05, 0) is 12.1 Å². The highest BCUT2D eigenvalue weighted by atomic mass is 16.5. The van der Waals surface area contributed by atoms with Crippen LogP contribution in [0.4, 0.5) is 11.4 Å². The molecule has 1 aromatic carbocycles. The second-order valence-corrected chi connectivity index (χ2v) is 4.92. The van der Waals surface area contributed by atoms with E-state index in [4.69, 9.17) is 4.74 Å². The zero-order valence-corrected chi connectivity index (χ0v) is 11.7. The maximum Gasteiger partial charge on any atom is 0.127 e. The minimum absolute atomic E-state index is 0.727. The van der Waals surface area contributed by atoms with E-state index >= 15 is 0 Å². The normalized spacial score (nSPS) is 15.3. The summed E-state index contributed by atoms with van der Waals surface area (Å²) in [7, 11) is 2.01. The van der Waals surface area contributed by atoms with Gasteiger partial charge in [-0.25, -0.2) is 4.98 Å². The molecule has 0 radical (unpaired) electrons. The van der Waals surface area contributed by atoms with Crippen LogP contribution in [0.15, 0.2) is 36.7 Å². The predicted octanol–water partition coefficient (Wildman–Crippen LogP) is 1.87. The standard InChI is InChI=1S/C15H20N4O/c1-18-7-6-16-15(18)12-17-13-4-2-3-5-14(13)19-8-10-20-11-9-19/h2-7,17H,8-12H2,1H3. The molecule has 0 spiro atoms. The Hall–Kier alpha value is -2.01. The average Bonchev–Trinajstić information content (AvgIpc) is 2.92. The van der Waals surface area contributed by atoms with Gasteiger partial charge in [0.15, 0.2) is 0 Å². The van der Waals surface area contributed by atoms with Gasteiger partial charge in [0, 0.05) is 32.5 Å². The molecule has 1 saturated heterocycles. The van der Waals surface area contributed by atoms with E-state index in [1.807, 2.05) is 24.0 Å². The number of aryl methyl sites for hydroxylation is 1. The van der Waals surface area contributed by atoms with Crippen molar-refractivity contribution in [3.63, 3.8) is 0 Å². The maximum absolute atomic E-state index is 5.42. The number of para-hydroxylation sites is 2. The highest BCUT2D eigenvalue weighted by Crippen LogP contribution is 2.26. The number of morpholine rings is 1. The molecule has 1 fully saturated rings. The van der Waals surface area contributed by atoms with Gasteiger partial charge in [0.2, 0.25) is 0 Å². The molecule has 0 aliphatic carbocycles. The molecule has 5 nitrogen and oxygen atoms in total. The van der Waals surface area contributed by atoms with Gasteiger partial charge in [-0.3, -0.25) is 0 Å². The first-order valence-electron chi connectivity index (χ1n) is 6.96. The monoisotopic (exact) mass is 272 g/mol. The van der Waals surface area contributed by atoms with Crippen molar-refractivity contribution in [3.05, 3.63) is 42.5 Å². The van der Waals surface area contributed by atoms with E-state index in [-0.39, 0.29) is 0 Å². The van der Waals surface area contributed by atoms with E-state index in [0.29, 0.717) is 0 Å². The number of hydrogen-bond donors (Lipinski definition) is 1. The highest BCUT2D eigenvalue weighted by molar-refractivity contribution is 5.70. The molecule has 2 heterocycles. The van der Waals surface area contributed by atoms with Crippen LogP contribution < -0.4 is 10.2 Å². The summed E-state index contributed by atoms with van der Waals surface area (Å²) in [4.78, 5) is 6.71. The van der Waals surface area contributed by atoms with Crippen LogP contribution in [0, 0.1) is 0 Å². The third-order valence-corrected chi connectivity index (χ3v) is 3.61. The van der Waals surface area contributed by atoms with Crippen molar-refractivity contribution in [3.8, 4) is 0 Å². The number of nitrogens with zero attached hydrogens (tertiary/aromatic N) is 3. The number of ether oxygens (including phenoxy) is 1. The summed E-state index contributed by atoms with van der Waals surface area (Å²) in [6.07, 6.45) is 3.79. The molecule has 0 amide bonds. The molecule has 1 N–H and O–H groups in total. The Morgan fingerprint density at radius 3 is 2.80 bits per heavy atom. The molecule has 0 saturated carbocycles. The van der Waals surface area contributed by atoms with E-state index in [9.17, 15) is 0 Å². The fraction of sp³-hybridized carbons (Fsp3) is 0.400. The van der Waals surface area contributed by atoms with Gasteiger partial charge in [0.1, 0.15) is 5.82 Å². The SMILES string of the molecule is Cn1ccnc1CNc1ccccc1N1CCOCC1. The van der Waals surface area contributed by atoms with Gasteiger partial charge in [0.25, 0.3) is 0 Å². The summed E-state index contributed by atoms with van der Waals surface area (Å²) in [5, 5.41) is 3.49. The predicted molar refractivity (Wildman–Crippen MR) is 80.0 cm³/mol. The number of anilines is 2. The summed E-state index contributed by atoms with van der Waals surface area (Å²) in [5.74, 6) is 1.03. The molecule has 106 valence electrons. The van der Waals surface area contributed by atoms with Crippen LogP contribution in [0.2, 0.25) is 0 Å². The van der Waals surface area contributed by atoms with Crippen LogP contribution in [0.3, 0.4) is 0 Å². The Labute approximate surface area is 119 Å². The first-order chi connectivity index (χ1) is 9.84. The van der Waals surface area contributed by atoms with E-state index in [1.165, 1.54) is 5.69 Å². The number of benzene rings is 1. The molecule has 0 bridgehead atoms. The van der Waals surface area contributed by atoms with Gasteiger partial charge < -0.3 is 19.5 Å². The first-order valence-corrected chi connectivity index (χ1v) is 6.96. The summed E-state index contributed by atoms with van der Waals surface area (Å²) in [6.45, 7) is 4.22. The lowest BCUT2D eigenvalue weighted by Crippen LogP contribution is -2.36. The number of hydrogen-bond acceptors (Lipinski definition) is 4. The van der Waals surface area contributed by atoms with E-state index in [2.05, 4.69) is 39.5 Å². The van der Waals surface area contributed by atoms with E-state index in [0.717, 1.165) is 44.4 Å². The number of aromatic nitrogens is 2. The topological polar surface area (TPSA) is 42.3 Å². The number of imidazole rings is 1. The van der Waals surface area contributed by atoms with Gasteiger partial charge in [-0.1, -0.05) is 12.1 Å². The molecule has 1 aliphatic heterocycles. The van der Waals surface area contributed by atoms with Gasteiger partial charge in [-0.15, -0.1) is 0 Å². The fourth-order valence-corrected chi connectivity index (χ4v) is 2.44. The summed E-state index contributed by atoms with van der Waals surface area (Å²) < 4.78 is 7.45. The van der Waals surface area contributed by atoms with Gasteiger partial charge in [-0.2, -0.15) is 0 Å². The van der Waals surface area contributed by atoms with Crippen LogP contribution in [-0.2, 0) is 18.3 Å². The van der Waals surface area contributed by atoms with E-state index < -0.39 is 0 Å². The molecular weight excluding hydrogens is 252 g/mol. The molecular formula is C15H20N4O. The molecule has 3 rings (SSSR count). The highest BCUT2D eigenvalue weighted by Gasteiger charge is 2.14. The molecule has 20 heavy (non-hydrogen) atoms. The van der Waals surface area contributed by atoms with Crippen LogP contribution in [0.5, 0.6) is 0 Å². The van der Waals surface area contributed by atoms with Crippen LogP contribution >= 0.6 is 0 Å². The molecule has 1 aromatic heterocycles. The Morgan fingerprint density at radius 2 is 2.05 bits per heavy atom. The molecule has 1 aliphatic rings. The first kappa shape index (κ1) is 13.0. The minimum Gasteiger partial charge on any atom is -0.378 e. The third kappa shape index (κ3) is 2.77. The Kier molecular flexibility index (Phi) is 3.87. The number of rotatable bonds is 4. The third-order valence-electron chi connectivity index (χ3n) is 3.61. The quantitative estimate of drug-likeness (QED) is 0.922. The Bertz CT molecular complexity index is 561. The van der Waals surface area contributed by atoms with Crippen molar-refractivity contribution in [2.24, 2.45) is 7.05 Å². The van der Waals surface area contributed by atoms with Crippen molar-refractivity contribution in [1.29, 1.82) is 0 Å². The summed E-state index contributed by atoms with van der Waals surface area (Å²) in [5.41, 5.74) is 2.39. The second-order valence-electron chi connectivity index (χ2n) is 4.92. The fourth-order valence-electron chi connectivity index (χ4n) is 2.44. The Morgan fingerprint density at radius 1 is 1.25 bits per heavy atom. The largest absolute Gasteiger partial charge is 0.378 e. The van der Waals surface area contributed by atoms with Crippen LogP contribution in [0.25, 0.3) is 0 Å². The molecule has 0 unspecified atom stereocenters. The summed E-state index contributed by atoms with van der Waals surface area (Å²) >= 11 is 0. The van der Waals surface area contributed by atoms with Gasteiger partial charge >= 0.3 is 0 Å². The van der Waals surface area contributed by atoms with Crippen LogP contribution in [-0.4, -0.2) is 35.9 Å². The van der Waals surface area contributed by atoms with E-state index in [1.54, 1.807) is 0 Å². The molecule has 2 aromatic rings. The van der Waals surface area contributed by atoms with Crippen molar-refractivity contribution in [2.45, 2.75) is 6.54 Å². The zero-order chi connectivity index (χ0) is 13.8. The second kappa shape index (κ2) is 5.96. The van der Waals surface area contributed by atoms with Crippen molar-refractivity contribution >= 4 is 11.4 Å².